The minimum atomic E-state index is -0.504. The molecule has 0 bridgehead atoms. The van der Waals surface area contributed by atoms with Crippen LogP contribution in [0.15, 0.2) is 18.3 Å². The van der Waals surface area contributed by atoms with Crippen LogP contribution >= 0.6 is 0 Å². The number of carbonyl (C=O) groups is 1. The number of piperidine rings is 1. The molecule has 1 N–H and O–H groups in total. The van der Waals surface area contributed by atoms with E-state index >= 15 is 0 Å². The van der Waals surface area contributed by atoms with Gasteiger partial charge in [0.15, 0.2) is 0 Å². The van der Waals surface area contributed by atoms with E-state index in [1.807, 2.05) is 40.0 Å². The van der Waals surface area contributed by atoms with Gasteiger partial charge in [-0.05, 0) is 58.7 Å². The third-order valence-corrected chi connectivity index (χ3v) is 3.69. The Kier molecular flexibility index (Phi) is 5.40. The molecule has 0 saturated carbocycles. The van der Waals surface area contributed by atoms with Gasteiger partial charge in [-0.25, -0.2) is 9.78 Å². The van der Waals surface area contributed by atoms with Gasteiger partial charge in [0.1, 0.15) is 11.4 Å². The van der Waals surface area contributed by atoms with Gasteiger partial charge < -0.3 is 10.1 Å². The van der Waals surface area contributed by atoms with Crippen LogP contribution in [-0.2, 0) is 4.74 Å². The molecule has 5 nitrogen and oxygen atoms in total. The average molecular weight is 305 g/mol. The molecule has 1 amide bonds. The van der Waals surface area contributed by atoms with E-state index in [9.17, 15) is 4.79 Å². The number of nitrogens with one attached hydrogen (secondary N) is 1. The van der Waals surface area contributed by atoms with Crippen molar-refractivity contribution in [3.63, 3.8) is 0 Å². The van der Waals surface area contributed by atoms with Crippen molar-refractivity contribution >= 4 is 11.9 Å². The van der Waals surface area contributed by atoms with Gasteiger partial charge in [0.25, 0.3) is 0 Å². The summed E-state index contributed by atoms with van der Waals surface area (Å²) in [7, 11) is 0. The van der Waals surface area contributed by atoms with Crippen LogP contribution in [0.1, 0.15) is 58.6 Å². The summed E-state index contributed by atoms with van der Waals surface area (Å²) in [6.45, 7) is 9.11. The number of nitrogens with zero attached hydrogens (tertiary/aromatic N) is 2. The standard InChI is InChI=1S/C17H27N3O2/c1-5-20(16(21)22-17(2,3)4)15-10-9-13(12-19-15)14-8-6-7-11-18-14/h9-10,12,14,18H,5-8,11H2,1-4H3/t14-/m1/s1. The van der Waals surface area contributed by atoms with Gasteiger partial charge in [-0.2, -0.15) is 0 Å². The Morgan fingerprint density at radius 2 is 2.18 bits per heavy atom. The smallest absolute Gasteiger partial charge is 0.415 e. The van der Waals surface area contributed by atoms with Gasteiger partial charge >= 0.3 is 6.09 Å². The van der Waals surface area contributed by atoms with Crippen LogP contribution < -0.4 is 10.2 Å². The molecule has 122 valence electrons. The first-order valence-electron chi connectivity index (χ1n) is 8.10. The quantitative estimate of drug-likeness (QED) is 0.926. The van der Waals surface area contributed by atoms with Crippen LogP contribution in [0, 0.1) is 0 Å². The molecule has 1 aromatic rings. The lowest BCUT2D eigenvalue weighted by Crippen LogP contribution is -2.37. The Morgan fingerprint density at radius 3 is 2.68 bits per heavy atom. The molecule has 1 atom stereocenters. The number of carbonyl (C=O) groups excluding carboxylic acids is 1. The monoisotopic (exact) mass is 305 g/mol. The van der Waals surface area contributed by atoms with Crippen molar-refractivity contribution in [1.29, 1.82) is 0 Å². The number of hydrogen-bond donors (Lipinski definition) is 1. The number of amides is 1. The molecule has 1 saturated heterocycles. The molecule has 1 fully saturated rings. The lowest BCUT2D eigenvalue weighted by Gasteiger charge is -2.27. The normalized spacial score (nSPS) is 18.8. The number of rotatable bonds is 3. The fourth-order valence-electron chi connectivity index (χ4n) is 2.60. The predicted molar refractivity (Wildman–Crippen MR) is 88.1 cm³/mol. The molecule has 0 aliphatic carbocycles. The maximum atomic E-state index is 12.2. The Morgan fingerprint density at radius 1 is 1.41 bits per heavy atom. The minimum absolute atomic E-state index is 0.356. The Labute approximate surface area is 133 Å². The van der Waals surface area contributed by atoms with E-state index < -0.39 is 5.60 Å². The maximum Gasteiger partial charge on any atom is 0.415 e. The van der Waals surface area contributed by atoms with E-state index in [-0.39, 0.29) is 6.09 Å². The van der Waals surface area contributed by atoms with E-state index in [0.29, 0.717) is 18.4 Å². The second-order valence-corrected chi connectivity index (χ2v) is 6.68. The van der Waals surface area contributed by atoms with Gasteiger partial charge in [0.2, 0.25) is 0 Å². The van der Waals surface area contributed by atoms with Crippen molar-refractivity contribution in [3.8, 4) is 0 Å². The molecule has 5 heteroatoms. The molecule has 1 aliphatic rings. The summed E-state index contributed by atoms with van der Waals surface area (Å²) in [6.07, 6.45) is 5.14. The molecule has 0 unspecified atom stereocenters. The van der Waals surface area contributed by atoms with Crippen LogP contribution in [0.5, 0.6) is 0 Å². The van der Waals surface area contributed by atoms with Crippen LogP contribution in [0.4, 0.5) is 10.6 Å². The topological polar surface area (TPSA) is 54.5 Å². The first kappa shape index (κ1) is 16.7. The highest BCUT2D eigenvalue weighted by atomic mass is 16.6. The zero-order valence-corrected chi connectivity index (χ0v) is 14.1. The molecule has 1 aromatic heterocycles. The lowest BCUT2D eigenvalue weighted by molar-refractivity contribution is 0.0581. The summed E-state index contributed by atoms with van der Waals surface area (Å²) in [5.41, 5.74) is 0.680. The van der Waals surface area contributed by atoms with Crippen molar-refractivity contribution in [1.82, 2.24) is 10.3 Å². The third kappa shape index (κ3) is 4.44. The van der Waals surface area contributed by atoms with E-state index in [1.54, 1.807) is 4.90 Å². The van der Waals surface area contributed by atoms with E-state index in [2.05, 4.69) is 16.4 Å². The number of hydrogen-bond acceptors (Lipinski definition) is 4. The molecule has 2 heterocycles. The summed E-state index contributed by atoms with van der Waals surface area (Å²) in [4.78, 5) is 18.2. The highest BCUT2D eigenvalue weighted by molar-refractivity contribution is 5.86. The molecule has 2 rings (SSSR count). The van der Waals surface area contributed by atoms with Crippen LogP contribution in [0.25, 0.3) is 0 Å². The van der Waals surface area contributed by atoms with Crippen molar-refractivity contribution in [2.45, 2.75) is 58.6 Å². The summed E-state index contributed by atoms with van der Waals surface area (Å²) < 4.78 is 5.43. The fraction of sp³-hybridized carbons (Fsp3) is 0.647. The average Bonchev–Trinajstić information content (AvgIpc) is 2.48. The second kappa shape index (κ2) is 7.09. The largest absolute Gasteiger partial charge is 0.443 e. The summed E-state index contributed by atoms with van der Waals surface area (Å²) in [5, 5.41) is 3.51. The van der Waals surface area contributed by atoms with Gasteiger partial charge in [0.05, 0.1) is 0 Å². The van der Waals surface area contributed by atoms with Crippen molar-refractivity contribution in [2.75, 3.05) is 18.0 Å². The SMILES string of the molecule is CCN(C(=O)OC(C)(C)C)c1ccc([C@H]2CCCCN2)cn1. The number of aromatic nitrogens is 1. The van der Waals surface area contributed by atoms with Gasteiger partial charge in [-0.3, -0.25) is 4.90 Å². The van der Waals surface area contributed by atoms with Gasteiger partial charge in [-0.1, -0.05) is 12.5 Å². The molecular weight excluding hydrogens is 278 g/mol. The van der Waals surface area contributed by atoms with Crippen molar-refractivity contribution in [2.24, 2.45) is 0 Å². The highest BCUT2D eigenvalue weighted by Gasteiger charge is 2.23. The van der Waals surface area contributed by atoms with Gasteiger partial charge in [-0.15, -0.1) is 0 Å². The fourth-order valence-corrected chi connectivity index (χ4v) is 2.60. The van der Waals surface area contributed by atoms with E-state index in [4.69, 9.17) is 4.74 Å². The summed E-state index contributed by atoms with van der Waals surface area (Å²) >= 11 is 0. The molecule has 0 spiro atoms. The zero-order chi connectivity index (χ0) is 16.2. The molecule has 1 aliphatic heterocycles. The first-order valence-corrected chi connectivity index (χ1v) is 8.10. The van der Waals surface area contributed by atoms with Crippen molar-refractivity contribution < 1.29 is 9.53 Å². The minimum Gasteiger partial charge on any atom is -0.443 e. The Bertz CT molecular complexity index is 488. The maximum absolute atomic E-state index is 12.2. The second-order valence-electron chi connectivity index (χ2n) is 6.68. The lowest BCUT2D eigenvalue weighted by atomic mass is 9.99. The third-order valence-electron chi connectivity index (χ3n) is 3.69. The summed E-state index contributed by atoms with van der Waals surface area (Å²) in [6, 6.07) is 4.34. The molecule has 22 heavy (non-hydrogen) atoms. The Hall–Kier alpha value is -1.62. The summed E-state index contributed by atoms with van der Waals surface area (Å²) in [5.74, 6) is 0.635. The number of anilines is 1. The first-order chi connectivity index (χ1) is 10.4. The Balaban J connectivity index is 2.08. The highest BCUT2D eigenvalue weighted by Crippen LogP contribution is 2.24. The van der Waals surface area contributed by atoms with Crippen LogP contribution in [0.2, 0.25) is 0 Å². The molecular formula is C17H27N3O2. The predicted octanol–water partition coefficient (Wildman–Crippen LogP) is 3.66. The van der Waals surface area contributed by atoms with E-state index in [1.165, 1.54) is 18.4 Å². The van der Waals surface area contributed by atoms with Crippen molar-refractivity contribution in [3.05, 3.63) is 23.9 Å². The number of ether oxygens (including phenoxy) is 1. The van der Waals surface area contributed by atoms with Gasteiger partial charge in [0, 0.05) is 18.8 Å². The van der Waals surface area contributed by atoms with Crippen LogP contribution in [0.3, 0.4) is 0 Å². The number of pyridine rings is 1. The zero-order valence-electron chi connectivity index (χ0n) is 14.1. The molecule has 0 radical (unpaired) electrons. The molecule has 0 aromatic carbocycles. The van der Waals surface area contributed by atoms with Crippen LogP contribution in [-0.4, -0.2) is 29.8 Å². The van der Waals surface area contributed by atoms with E-state index in [0.717, 1.165) is 13.0 Å².